The summed E-state index contributed by atoms with van der Waals surface area (Å²) in [6, 6.07) is 6.21. The number of nitrogens with one attached hydrogen (secondary N) is 1. The molecule has 4 nitrogen and oxygen atoms in total. The van der Waals surface area contributed by atoms with Crippen molar-refractivity contribution in [1.29, 1.82) is 0 Å². The molecular weight excluding hydrogens is 290 g/mol. The first-order chi connectivity index (χ1) is 10.6. The number of ether oxygens (including phenoxy) is 1. The molecule has 0 bridgehead atoms. The predicted octanol–water partition coefficient (Wildman–Crippen LogP) is 3.76. The minimum atomic E-state index is -0.523. The molecule has 0 aliphatic carbocycles. The molecule has 1 amide bonds. The smallest absolute Gasteiger partial charge is 0.407 e. The van der Waals surface area contributed by atoms with Crippen molar-refractivity contribution in [3.05, 3.63) is 34.9 Å². The summed E-state index contributed by atoms with van der Waals surface area (Å²) < 4.78 is 5.29. The van der Waals surface area contributed by atoms with E-state index >= 15 is 0 Å². The second kappa shape index (κ2) is 7.82. The van der Waals surface area contributed by atoms with Crippen LogP contribution in [0.1, 0.15) is 50.8 Å². The fraction of sp³-hybridized carbons (Fsp3) is 0.632. The quantitative estimate of drug-likeness (QED) is 0.839. The van der Waals surface area contributed by atoms with Gasteiger partial charge in [-0.05, 0) is 64.2 Å². The Bertz CT molecular complexity index is 508. The lowest BCUT2D eigenvalue weighted by molar-refractivity contribution is 0.0461. The number of aryl methyl sites for hydroxylation is 2. The topological polar surface area (TPSA) is 58.6 Å². The van der Waals surface area contributed by atoms with Gasteiger partial charge in [-0.25, -0.2) is 4.79 Å². The van der Waals surface area contributed by atoms with Crippen molar-refractivity contribution in [3.8, 4) is 0 Å². The van der Waals surface area contributed by atoms with E-state index in [1.165, 1.54) is 16.7 Å². The lowest BCUT2D eigenvalue weighted by Gasteiger charge is -2.32. The summed E-state index contributed by atoms with van der Waals surface area (Å²) in [5.41, 5.74) is 2.77. The first-order valence-corrected chi connectivity index (χ1v) is 8.25. The van der Waals surface area contributed by atoms with Crippen LogP contribution < -0.4 is 5.32 Å². The molecule has 1 aromatic carbocycles. The summed E-state index contributed by atoms with van der Waals surface area (Å²) in [5.74, 6) is 0. The van der Waals surface area contributed by atoms with E-state index < -0.39 is 11.7 Å². The minimum Gasteiger partial charge on any atom is -0.444 e. The van der Waals surface area contributed by atoms with Gasteiger partial charge >= 0.3 is 6.09 Å². The molecule has 0 saturated carbocycles. The van der Waals surface area contributed by atoms with Crippen LogP contribution in [0.15, 0.2) is 18.2 Å². The van der Waals surface area contributed by atoms with Gasteiger partial charge in [0.15, 0.2) is 0 Å². The Labute approximate surface area is 140 Å². The van der Waals surface area contributed by atoms with E-state index in [-0.39, 0.29) is 12.0 Å². The number of hydrogen-bond acceptors (Lipinski definition) is 3. The van der Waals surface area contributed by atoms with Crippen molar-refractivity contribution in [2.75, 3.05) is 13.2 Å². The third-order valence-electron chi connectivity index (χ3n) is 4.29. The molecule has 1 unspecified atom stereocenters. The number of carbonyl (C=O) groups excluding carboxylic acids is 1. The van der Waals surface area contributed by atoms with E-state index in [1.807, 2.05) is 33.8 Å². The zero-order valence-corrected chi connectivity index (χ0v) is 15.3. The van der Waals surface area contributed by atoms with Crippen molar-refractivity contribution in [2.24, 2.45) is 5.41 Å². The van der Waals surface area contributed by atoms with Crippen LogP contribution in [0, 0.1) is 19.3 Å². The number of aliphatic hydroxyl groups excluding tert-OH is 1. The van der Waals surface area contributed by atoms with Crippen LogP contribution in [0.25, 0.3) is 0 Å². The van der Waals surface area contributed by atoms with Gasteiger partial charge in [-0.3, -0.25) is 0 Å². The molecule has 1 atom stereocenters. The number of hydrogen-bond donors (Lipinski definition) is 2. The normalized spacial score (nSPS) is 14.2. The number of benzene rings is 1. The molecule has 23 heavy (non-hydrogen) atoms. The standard InChI is InChI=1S/C19H31NO3/c1-7-19(13-21,12-20-17(22)23-18(4,5)6)11-16-14(2)9-8-10-15(16)3/h8-10,21H,7,11-13H2,1-6H3,(H,20,22). The summed E-state index contributed by atoms with van der Waals surface area (Å²) in [7, 11) is 0. The lowest BCUT2D eigenvalue weighted by atomic mass is 9.78. The molecule has 0 spiro atoms. The first-order valence-electron chi connectivity index (χ1n) is 8.25. The highest BCUT2D eigenvalue weighted by Crippen LogP contribution is 2.29. The van der Waals surface area contributed by atoms with E-state index in [1.54, 1.807) is 0 Å². The monoisotopic (exact) mass is 321 g/mol. The predicted molar refractivity (Wildman–Crippen MR) is 93.7 cm³/mol. The van der Waals surface area contributed by atoms with Crippen molar-refractivity contribution < 1.29 is 14.6 Å². The molecule has 0 aliphatic rings. The van der Waals surface area contributed by atoms with Gasteiger partial charge in [0.05, 0.1) is 6.61 Å². The molecule has 0 heterocycles. The lowest BCUT2D eigenvalue weighted by Crippen LogP contribution is -2.43. The summed E-state index contributed by atoms with van der Waals surface area (Å²) in [5, 5.41) is 12.8. The second-order valence-electron chi connectivity index (χ2n) is 7.41. The Morgan fingerprint density at radius 2 is 1.78 bits per heavy atom. The third kappa shape index (κ3) is 5.87. The van der Waals surface area contributed by atoms with Gasteiger partial charge in [0, 0.05) is 12.0 Å². The Morgan fingerprint density at radius 3 is 2.22 bits per heavy atom. The highest BCUT2D eigenvalue weighted by atomic mass is 16.6. The molecule has 2 N–H and O–H groups in total. The molecule has 0 aromatic heterocycles. The number of aliphatic hydroxyl groups is 1. The number of alkyl carbamates (subject to hydrolysis) is 1. The fourth-order valence-corrected chi connectivity index (χ4v) is 2.61. The van der Waals surface area contributed by atoms with E-state index in [0.717, 1.165) is 12.8 Å². The average molecular weight is 321 g/mol. The molecule has 0 aliphatic heterocycles. The second-order valence-corrected chi connectivity index (χ2v) is 7.41. The highest BCUT2D eigenvalue weighted by molar-refractivity contribution is 5.67. The van der Waals surface area contributed by atoms with E-state index in [0.29, 0.717) is 6.54 Å². The van der Waals surface area contributed by atoms with Crippen LogP contribution in [-0.2, 0) is 11.2 Å². The summed E-state index contributed by atoms with van der Waals surface area (Å²) in [6.07, 6.45) is 1.06. The van der Waals surface area contributed by atoms with E-state index in [4.69, 9.17) is 4.74 Å². The average Bonchev–Trinajstić information content (AvgIpc) is 2.45. The van der Waals surface area contributed by atoms with Crippen molar-refractivity contribution in [3.63, 3.8) is 0 Å². The third-order valence-corrected chi connectivity index (χ3v) is 4.29. The maximum atomic E-state index is 11.9. The van der Waals surface area contributed by atoms with Gasteiger partial charge in [-0.2, -0.15) is 0 Å². The van der Waals surface area contributed by atoms with Crippen LogP contribution in [0.5, 0.6) is 0 Å². The molecule has 0 fully saturated rings. The van der Waals surface area contributed by atoms with Gasteiger partial charge in [-0.15, -0.1) is 0 Å². The maximum Gasteiger partial charge on any atom is 0.407 e. The molecule has 0 saturated heterocycles. The van der Waals surface area contributed by atoms with Gasteiger partial charge in [-0.1, -0.05) is 25.1 Å². The maximum absolute atomic E-state index is 11.9. The van der Waals surface area contributed by atoms with Crippen LogP contribution in [0.4, 0.5) is 4.79 Å². The van der Waals surface area contributed by atoms with Crippen molar-refractivity contribution >= 4 is 6.09 Å². The van der Waals surface area contributed by atoms with Crippen molar-refractivity contribution in [1.82, 2.24) is 5.32 Å². The molecule has 130 valence electrons. The van der Waals surface area contributed by atoms with Gasteiger partial charge in [0.1, 0.15) is 5.60 Å². The van der Waals surface area contributed by atoms with Crippen LogP contribution in [0.2, 0.25) is 0 Å². The van der Waals surface area contributed by atoms with Crippen LogP contribution in [0.3, 0.4) is 0 Å². The molecule has 4 heteroatoms. The summed E-state index contributed by atoms with van der Waals surface area (Å²) in [6.45, 7) is 12.1. The van der Waals surface area contributed by atoms with Gasteiger partial charge in [0.25, 0.3) is 0 Å². The Kier molecular flexibility index (Phi) is 6.63. The van der Waals surface area contributed by atoms with E-state index in [9.17, 15) is 9.90 Å². The zero-order valence-electron chi connectivity index (χ0n) is 15.3. The first kappa shape index (κ1) is 19.5. The highest BCUT2D eigenvalue weighted by Gasteiger charge is 2.30. The molecule has 0 radical (unpaired) electrons. The Morgan fingerprint density at radius 1 is 1.22 bits per heavy atom. The molecule has 1 rings (SSSR count). The summed E-state index contributed by atoms with van der Waals surface area (Å²) >= 11 is 0. The Hall–Kier alpha value is -1.55. The van der Waals surface area contributed by atoms with Crippen LogP contribution in [-0.4, -0.2) is 30.0 Å². The summed E-state index contributed by atoms with van der Waals surface area (Å²) in [4.78, 5) is 11.9. The Balaban J connectivity index is 2.85. The van der Waals surface area contributed by atoms with E-state index in [2.05, 4.69) is 31.3 Å². The molecular formula is C19H31NO3. The van der Waals surface area contributed by atoms with Gasteiger partial charge in [0.2, 0.25) is 0 Å². The fourth-order valence-electron chi connectivity index (χ4n) is 2.61. The van der Waals surface area contributed by atoms with Crippen molar-refractivity contribution in [2.45, 2.75) is 60.0 Å². The number of carbonyl (C=O) groups is 1. The number of rotatable bonds is 6. The van der Waals surface area contributed by atoms with Gasteiger partial charge < -0.3 is 15.2 Å². The molecule has 1 aromatic rings. The minimum absolute atomic E-state index is 0.0209. The largest absolute Gasteiger partial charge is 0.444 e. The zero-order chi connectivity index (χ0) is 17.7. The van der Waals surface area contributed by atoms with Crippen LogP contribution >= 0.6 is 0 Å². The number of amides is 1. The SMILES string of the molecule is CCC(CO)(CNC(=O)OC(C)(C)C)Cc1c(C)cccc1C.